The molecule has 0 spiro atoms. The topological polar surface area (TPSA) is 34.1 Å². The fraction of sp³-hybridized carbons (Fsp3) is 0.438. The maximum Gasteiger partial charge on any atom is 0.133 e. The minimum Gasteiger partial charge on any atom is -0.385 e. The van der Waals surface area contributed by atoms with Crippen molar-refractivity contribution in [2.45, 2.75) is 20.3 Å². The number of fused-ring (bicyclic) bond motifs is 1. The van der Waals surface area contributed by atoms with Crippen molar-refractivity contribution < 1.29 is 4.74 Å². The van der Waals surface area contributed by atoms with Crippen LogP contribution in [0.4, 0.5) is 5.82 Å². The number of rotatable bonds is 6. The van der Waals surface area contributed by atoms with Crippen molar-refractivity contribution >= 4 is 32.5 Å². The fourth-order valence-electron chi connectivity index (χ4n) is 2.10. The number of hydrogen-bond acceptors (Lipinski definition) is 3. The first kappa shape index (κ1) is 15.3. The highest BCUT2D eigenvalue weighted by Gasteiger charge is 2.18. The van der Waals surface area contributed by atoms with Gasteiger partial charge < -0.3 is 10.1 Å². The molecule has 20 heavy (non-hydrogen) atoms. The van der Waals surface area contributed by atoms with Crippen LogP contribution < -0.4 is 5.32 Å². The van der Waals surface area contributed by atoms with E-state index in [1.807, 2.05) is 18.3 Å². The van der Waals surface area contributed by atoms with Crippen molar-refractivity contribution in [2.24, 2.45) is 5.41 Å². The highest BCUT2D eigenvalue weighted by atomic mass is 79.9. The Kier molecular flexibility index (Phi) is 5.00. The molecule has 0 atom stereocenters. The van der Waals surface area contributed by atoms with Crippen LogP contribution in [0.15, 0.2) is 34.9 Å². The number of aromatic nitrogens is 1. The minimum absolute atomic E-state index is 0.172. The summed E-state index contributed by atoms with van der Waals surface area (Å²) in [5.74, 6) is 0.939. The molecule has 0 aliphatic rings. The molecule has 0 aliphatic heterocycles. The van der Waals surface area contributed by atoms with Gasteiger partial charge in [-0.25, -0.2) is 4.98 Å². The molecule has 1 N–H and O–H groups in total. The number of methoxy groups -OCH3 is 1. The summed E-state index contributed by atoms with van der Waals surface area (Å²) in [6.45, 7) is 6.12. The number of benzene rings is 1. The molecule has 4 heteroatoms. The van der Waals surface area contributed by atoms with Crippen LogP contribution in [-0.2, 0) is 4.74 Å². The second-order valence-corrected chi connectivity index (χ2v) is 6.61. The highest BCUT2D eigenvalue weighted by Crippen LogP contribution is 2.29. The van der Waals surface area contributed by atoms with Crippen LogP contribution in [-0.4, -0.2) is 25.2 Å². The molecule has 2 aromatic rings. The zero-order chi connectivity index (χ0) is 14.6. The lowest BCUT2D eigenvalue weighted by Crippen LogP contribution is -2.25. The predicted octanol–water partition coefficient (Wildman–Crippen LogP) is 4.47. The molecule has 0 aliphatic carbocycles. The number of pyridine rings is 1. The Hall–Kier alpha value is -1.13. The molecule has 0 bridgehead atoms. The summed E-state index contributed by atoms with van der Waals surface area (Å²) in [5, 5.41) is 5.80. The Balaban J connectivity index is 2.16. The van der Waals surface area contributed by atoms with Gasteiger partial charge in [0, 0.05) is 41.7 Å². The van der Waals surface area contributed by atoms with Crippen LogP contribution >= 0.6 is 15.9 Å². The van der Waals surface area contributed by atoms with Gasteiger partial charge in [-0.15, -0.1) is 0 Å². The van der Waals surface area contributed by atoms with E-state index in [1.54, 1.807) is 7.11 Å². The van der Waals surface area contributed by atoms with Gasteiger partial charge >= 0.3 is 0 Å². The number of anilines is 1. The smallest absolute Gasteiger partial charge is 0.133 e. The van der Waals surface area contributed by atoms with E-state index in [-0.39, 0.29) is 5.41 Å². The molecule has 0 saturated carbocycles. The molecule has 1 aromatic heterocycles. The van der Waals surface area contributed by atoms with E-state index in [1.165, 1.54) is 5.39 Å². The highest BCUT2D eigenvalue weighted by molar-refractivity contribution is 9.10. The third-order valence-electron chi connectivity index (χ3n) is 3.47. The van der Waals surface area contributed by atoms with E-state index in [0.29, 0.717) is 0 Å². The maximum absolute atomic E-state index is 5.17. The van der Waals surface area contributed by atoms with E-state index in [9.17, 15) is 0 Å². The molecule has 0 saturated heterocycles. The zero-order valence-electron chi connectivity index (χ0n) is 12.2. The quantitative estimate of drug-likeness (QED) is 0.844. The Labute approximate surface area is 128 Å². The fourth-order valence-corrected chi connectivity index (χ4v) is 2.60. The second kappa shape index (κ2) is 6.55. The minimum atomic E-state index is 0.172. The normalized spacial score (nSPS) is 11.8. The van der Waals surface area contributed by atoms with Crippen molar-refractivity contribution in [3.8, 4) is 0 Å². The summed E-state index contributed by atoms with van der Waals surface area (Å²) in [6.07, 6.45) is 2.86. The Morgan fingerprint density at radius 3 is 2.80 bits per heavy atom. The van der Waals surface area contributed by atoms with Gasteiger partial charge in [0.25, 0.3) is 0 Å². The number of ether oxygens (including phenoxy) is 1. The van der Waals surface area contributed by atoms with Crippen molar-refractivity contribution in [3.63, 3.8) is 0 Å². The van der Waals surface area contributed by atoms with Gasteiger partial charge in [0.05, 0.1) is 0 Å². The summed E-state index contributed by atoms with van der Waals surface area (Å²) < 4.78 is 6.26. The van der Waals surface area contributed by atoms with Gasteiger partial charge in [-0.1, -0.05) is 41.9 Å². The number of hydrogen-bond donors (Lipinski definition) is 1. The Morgan fingerprint density at radius 1 is 1.25 bits per heavy atom. The van der Waals surface area contributed by atoms with E-state index in [0.717, 1.165) is 35.2 Å². The van der Waals surface area contributed by atoms with Crippen molar-refractivity contribution in [2.75, 3.05) is 25.6 Å². The van der Waals surface area contributed by atoms with Crippen LogP contribution in [0.3, 0.4) is 0 Å². The third kappa shape index (κ3) is 3.70. The summed E-state index contributed by atoms with van der Waals surface area (Å²) >= 11 is 3.58. The molecule has 3 nitrogen and oxygen atoms in total. The van der Waals surface area contributed by atoms with Crippen LogP contribution in [0, 0.1) is 5.41 Å². The third-order valence-corrected chi connectivity index (χ3v) is 4.16. The first-order valence-electron chi connectivity index (χ1n) is 6.79. The van der Waals surface area contributed by atoms with E-state index < -0.39 is 0 Å². The molecule has 1 aromatic carbocycles. The Morgan fingerprint density at radius 2 is 2.05 bits per heavy atom. The predicted molar refractivity (Wildman–Crippen MR) is 88.2 cm³/mol. The molecule has 0 radical (unpaired) electrons. The van der Waals surface area contributed by atoms with Gasteiger partial charge in [0.15, 0.2) is 0 Å². The van der Waals surface area contributed by atoms with Gasteiger partial charge in [-0.2, -0.15) is 0 Å². The molecule has 2 rings (SSSR count). The largest absolute Gasteiger partial charge is 0.385 e. The standard InChI is InChI=1S/C16H21BrN2O/c1-16(2,8-10-20-3)11-19-15-13-5-4-6-14(17)12(13)7-9-18-15/h4-7,9H,8,10-11H2,1-3H3,(H,18,19). The average molecular weight is 337 g/mol. The van der Waals surface area contributed by atoms with Gasteiger partial charge in [0.2, 0.25) is 0 Å². The molecule has 0 amide bonds. The number of nitrogens with one attached hydrogen (secondary N) is 1. The molecule has 108 valence electrons. The lowest BCUT2D eigenvalue weighted by Gasteiger charge is -2.25. The van der Waals surface area contributed by atoms with Gasteiger partial charge in [-0.3, -0.25) is 0 Å². The second-order valence-electron chi connectivity index (χ2n) is 5.76. The molecule has 0 fully saturated rings. The first-order valence-corrected chi connectivity index (χ1v) is 7.59. The maximum atomic E-state index is 5.17. The van der Waals surface area contributed by atoms with Crippen LogP contribution in [0.2, 0.25) is 0 Å². The summed E-state index contributed by atoms with van der Waals surface area (Å²) in [7, 11) is 1.74. The summed E-state index contributed by atoms with van der Waals surface area (Å²) in [5.41, 5.74) is 0.172. The lowest BCUT2D eigenvalue weighted by atomic mass is 9.89. The average Bonchev–Trinajstić information content (AvgIpc) is 2.44. The molecular weight excluding hydrogens is 316 g/mol. The van der Waals surface area contributed by atoms with E-state index in [4.69, 9.17) is 4.74 Å². The van der Waals surface area contributed by atoms with Crippen LogP contribution in [0.1, 0.15) is 20.3 Å². The van der Waals surface area contributed by atoms with E-state index in [2.05, 4.69) is 52.2 Å². The van der Waals surface area contributed by atoms with Crippen molar-refractivity contribution in [1.82, 2.24) is 4.98 Å². The lowest BCUT2D eigenvalue weighted by molar-refractivity contribution is 0.157. The van der Waals surface area contributed by atoms with Crippen LogP contribution in [0.25, 0.3) is 10.8 Å². The SMILES string of the molecule is COCCC(C)(C)CNc1nccc2c(Br)cccc12. The van der Waals surface area contributed by atoms with Gasteiger partial charge in [0.1, 0.15) is 5.82 Å². The van der Waals surface area contributed by atoms with Crippen molar-refractivity contribution in [1.29, 1.82) is 0 Å². The zero-order valence-corrected chi connectivity index (χ0v) is 13.8. The summed E-state index contributed by atoms with van der Waals surface area (Å²) in [6, 6.07) is 8.21. The van der Waals surface area contributed by atoms with Crippen LogP contribution in [0.5, 0.6) is 0 Å². The first-order chi connectivity index (χ1) is 9.53. The number of nitrogens with zero attached hydrogens (tertiary/aromatic N) is 1. The molecule has 1 heterocycles. The molecular formula is C16H21BrN2O. The van der Waals surface area contributed by atoms with E-state index >= 15 is 0 Å². The number of halogens is 1. The summed E-state index contributed by atoms with van der Waals surface area (Å²) in [4.78, 5) is 4.47. The Bertz CT molecular complexity index is 584. The van der Waals surface area contributed by atoms with Crippen molar-refractivity contribution in [3.05, 3.63) is 34.9 Å². The van der Waals surface area contributed by atoms with Gasteiger partial charge in [-0.05, 0) is 24.0 Å². The molecule has 0 unspecified atom stereocenters. The monoisotopic (exact) mass is 336 g/mol.